The molecule has 1 heterocycles. The Morgan fingerprint density at radius 2 is 1.86 bits per heavy atom. The second-order valence-corrected chi connectivity index (χ2v) is 8.03. The first-order valence-corrected chi connectivity index (χ1v) is 10.7. The summed E-state index contributed by atoms with van der Waals surface area (Å²) in [5.74, 6) is 0.857. The minimum atomic E-state index is -0.0792. The van der Waals surface area contributed by atoms with Crippen LogP contribution < -0.4 is 15.4 Å². The van der Waals surface area contributed by atoms with Crippen molar-refractivity contribution < 1.29 is 9.53 Å². The van der Waals surface area contributed by atoms with Crippen molar-refractivity contribution >= 4 is 6.03 Å². The van der Waals surface area contributed by atoms with Crippen LogP contribution in [-0.2, 0) is 6.42 Å². The molecule has 29 heavy (non-hydrogen) atoms. The highest BCUT2D eigenvalue weighted by molar-refractivity contribution is 5.74. The normalized spacial score (nSPS) is 20.0. The molecule has 2 aliphatic rings. The predicted molar refractivity (Wildman–Crippen MR) is 115 cm³/mol. The van der Waals surface area contributed by atoms with Crippen LogP contribution >= 0.6 is 0 Å². The van der Waals surface area contributed by atoms with Crippen LogP contribution in [-0.4, -0.2) is 37.7 Å². The van der Waals surface area contributed by atoms with Gasteiger partial charge in [-0.25, -0.2) is 4.79 Å². The topological polar surface area (TPSA) is 53.6 Å². The van der Waals surface area contributed by atoms with E-state index in [1.807, 2.05) is 12.1 Å². The first-order valence-electron chi connectivity index (χ1n) is 10.7. The molecule has 2 atom stereocenters. The molecule has 154 valence electrons. The summed E-state index contributed by atoms with van der Waals surface area (Å²) in [6, 6.07) is 16.9. The zero-order valence-electron chi connectivity index (χ0n) is 17.2. The molecule has 2 aromatic carbocycles. The highest BCUT2D eigenvalue weighted by Gasteiger charge is 2.25. The quantitative estimate of drug-likeness (QED) is 0.773. The number of benzene rings is 2. The summed E-state index contributed by atoms with van der Waals surface area (Å²) < 4.78 is 5.29. The van der Waals surface area contributed by atoms with Crippen molar-refractivity contribution in [2.45, 2.75) is 44.2 Å². The largest absolute Gasteiger partial charge is 0.497 e. The Morgan fingerprint density at radius 3 is 2.62 bits per heavy atom. The lowest BCUT2D eigenvalue weighted by molar-refractivity contribution is 0.217. The highest BCUT2D eigenvalue weighted by Crippen LogP contribution is 2.29. The number of nitrogens with zero attached hydrogens (tertiary/aromatic N) is 1. The third-order valence-corrected chi connectivity index (χ3v) is 6.21. The number of hydrogen-bond acceptors (Lipinski definition) is 3. The fraction of sp³-hybridized carbons (Fsp3) is 0.458. The first-order chi connectivity index (χ1) is 14.2. The van der Waals surface area contributed by atoms with E-state index in [1.54, 1.807) is 7.11 Å². The molecule has 0 unspecified atom stereocenters. The molecule has 4 rings (SSSR count). The molecule has 5 nitrogen and oxygen atoms in total. The lowest BCUT2D eigenvalue weighted by atomic mass is 9.88. The number of amides is 2. The van der Waals surface area contributed by atoms with Gasteiger partial charge in [-0.15, -0.1) is 0 Å². The standard InChI is InChI=1S/C24H31N3O2/c1-29-20-13-11-19(12-14-20)23(27-15-4-5-16-27)17-25-24(28)26-22-10-6-8-18-7-2-3-9-21(18)22/h2-3,7,9,11-14,22-23H,4-6,8,10,15-17H2,1H3,(H2,25,26,28)/t22-,23+/m1/s1. The molecule has 0 aromatic heterocycles. The van der Waals surface area contributed by atoms with Crippen molar-refractivity contribution in [1.29, 1.82) is 0 Å². The van der Waals surface area contributed by atoms with Crippen molar-refractivity contribution in [3.8, 4) is 5.75 Å². The van der Waals surface area contributed by atoms with E-state index in [0.29, 0.717) is 6.54 Å². The summed E-state index contributed by atoms with van der Waals surface area (Å²) in [4.78, 5) is 15.2. The Morgan fingerprint density at radius 1 is 1.10 bits per heavy atom. The van der Waals surface area contributed by atoms with Crippen molar-refractivity contribution in [2.75, 3.05) is 26.7 Å². The summed E-state index contributed by atoms with van der Waals surface area (Å²) in [6.07, 6.45) is 5.66. The van der Waals surface area contributed by atoms with E-state index < -0.39 is 0 Å². The van der Waals surface area contributed by atoms with Gasteiger partial charge in [0.15, 0.2) is 0 Å². The molecule has 2 aromatic rings. The Bertz CT molecular complexity index is 815. The average molecular weight is 394 g/mol. The maximum Gasteiger partial charge on any atom is 0.315 e. The van der Waals surface area contributed by atoms with Crippen LogP contribution in [0.15, 0.2) is 48.5 Å². The van der Waals surface area contributed by atoms with Crippen molar-refractivity contribution in [2.24, 2.45) is 0 Å². The van der Waals surface area contributed by atoms with Gasteiger partial charge in [0.05, 0.1) is 19.2 Å². The van der Waals surface area contributed by atoms with Crippen LogP contribution in [0.1, 0.15) is 54.5 Å². The Labute approximate surface area is 173 Å². The molecule has 1 aliphatic carbocycles. The van der Waals surface area contributed by atoms with E-state index in [2.05, 4.69) is 51.9 Å². The molecule has 1 fully saturated rings. The number of hydrogen-bond donors (Lipinski definition) is 2. The molecule has 5 heteroatoms. The van der Waals surface area contributed by atoms with Gasteiger partial charge in [0, 0.05) is 6.54 Å². The molecule has 0 bridgehead atoms. The highest BCUT2D eigenvalue weighted by atomic mass is 16.5. The van der Waals surface area contributed by atoms with Crippen LogP contribution in [0.5, 0.6) is 5.75 Å². The minimum Gasteiger partial charge on any atom is -0.497 e. The van der Waals surface area contributed by atoms with E-state index in [0.717, 1.165) is 38.1 Å². The van der Waals surface area contributed by atoms with E-state index in [-0.39, 0.29) is 18.1 Å². The number of urea groups is 1. The molecular weight excluding hydrogens is 362 g/mol. The second kappa shape index (κ2) is 9.31. The summed E-state index contributed by atoms with van der Waals surface area (Å²) in [6.45, 7) is 2.76. The maximum atomic E-state index is 12.7. The third kappa shape index (κ3) is 4.73. The van der Waals surface area contributed by atoms with Gasteiger partial charge in [0.25, 0.3) is 0 Å². The van der Waals surface area contributed by atoms with Crippen LogP contribution in [0.4, 0.5) is 4.79 Å². The third-order valence-electron chi connectivity index (χ3n) is 6.21. The van der Waals surface area contributed by atoms with E-state index in [4.69, 9.17) is 4.74 Å². The molecule has 2 N–H and O–H groups in total. The van der Waals surface area contributed by atoms with E-state index >= 15 is 0 Å². The van der Waals surface area contributed by atoms with Crippen LogP contribution in [0.25, 0.3) is 0 Å². The Balaban J connectivity index is 1.40. The number of carbonyl (C=O) groups excluding carboxylic acids is 1. The number of rotatable bonds is 6. The van der Waals surface area contributed by atoms with Crippen LogP contribution in [0.3, 0.4) is 0 Å². The SMILES string of the molecule is COc1ccc([C@H](CNC(=O)N[C@@H]2CCCc3ccccc32)N2CCCC2)cc1. The van der Waals surface area contributed by atoms with E-state index in [1.165, 1.54) is 29.5 Å². The van der Waals surface area contributed by atoms with Crippen LogP contribution in [0.2, 0.25) is 0 Å². The summed E-state index contributed by atoms with van der Waals surface area (Å²) in [7, 11) is 1.68. The fourth-order valence-corrected chi connectivity index (χ4v) is 4.64. The zero-order chi connectivity index (χ0) is 20.1. The fourth-order valence-electron chi connectivity index (χ4n) is 4.64. The monoisotopic (exact) mass is 393 g/mol. The lowest BCUT2D eigenvalue weighted by Crippen LogP contribution is -2.43. The average Bonchev–Trinajstić information content (AvgIpc) is 3.29. The van der Waals surface area contributed by atoms with Gasteiger partial charge in [-0.1, -0.05) is 36.4 Å². The molecular formula is C24H31N3O2. The van der Waals surface area contributed by atoms with Gasteiger partial charge in [-0.2, -0.15) is 0 Å². The second-order valence-electron chi connectivity index (χ2n) is 8.03. The van der Waals surface area contributed by atoms with E-state index in [9.17, 15) is 4.79 Å². The molecule has 1 aliphatic heterocycles. The van der Waals surface area contributed by atoms with Crippen LogP contribution in [0, 0.1) is 0 Å². The van der Waals surface area contributed by atoms with Crippen molar-refractivity contribution in [3.05, 3.63) is 65.2 Å². The number of carbonyl (C=O) groups is 1. The summed E-state index contributed by atoms with van der Waals surface area (Å²) in [5.41, 5.74) is 3.84. The van der Waals surface area contributed by atoms with Gasteiger partial charge in [0.1, 0.15) is 5.75 Å². The molecule has 0 saturated carbocycles. The van der Waals surface area contributed by atoms with Crippen molar-refractivity contribution in [3.63, 3.8) is 0 Å². The number of nitrogens with one attached hydrogen (secondary N) is 2. The Hall–Kier alpha value is -2.53. The smallest absolute Gasteiger partial charge is 0.315 e. The molecule has 2 amide bonds. The van der Waals surface area contributed by atoms with Gasteiger partial charge >= 0.3 is 6.03 Å². The molecule has 0 spiro atoms. The molecule has 0 radical (unpaired) electrons. The predicted octanol–water partition coefficient (Wildman–Crippen LogP) is 4.21. The number of aryl methyl sites for hydroxylation is 1. The summed E-state index contributed by atoms with van der Waals surface area (Å²) in [5, 5.41) is 6.34. The van der Waals surface area contributed by atoms with Crippen molar-refractivity contribution in [1.82, 2.24) is 15.5 Å². The number of fused-ring (bicyclic) bond motifs is 1. The Kier molecular flexibility index (Phi) is 6.35. The van der Waals surface area contributed by atoms with Gasteiger partial charge in [-0.05, 0) is 74.0 Å². The first kappa shape index (κ1) is 19.8. The summed E-state index contributed by atoms with van der Waals surface area (Å²) >= 11 is 0. The number of ether oxygens (including phenoxy) is 1. The molecule has 1 saturated heterocycles. The number of methoxy groups -OCH3 is 1. The van der Waals surface area contributed by atoms with Gasteiger partial charge in [0.2, 0.25) is 0 Å². The zero-order valence-corrected chi connectivity index (χ0v) is 17.2. The number of likely N-dealkylation sites (tertiary alicyclic amines) is 1. The maximum absolute atomic E-state index is 12.7. The van der Waals surface area contributed by atoms with Gasteiger partial charge < -0.3 is 15.4 Å². The lowest BCUT2D eigenvalue weighted by Gasteiger charge is -2.30. The minimum absolute atomic E-state index is 0.0792. The van der Waals surface area contributed by atoms with Gasteiger partial charge in [-0.3, -0.25) is 4.90 Å².